The van der Waals surface area contributed by atoms with Crippen LogP contribution >= 0.6 is 12.4 Å². The van der Waals surface area contributed by atoms with Crippen LogP contribution in [0.4, 0.5) is 0 Å². The fraction of sp³-hybridized carbons (Fsp3) is 0.364. The van der Waals surface area contributed by atoms with Crippen molar-refractivity contribution in [1.82, 2.24) is 14.5 Å². The van der Waals surface area contributed by atoms with E-state index in [0.717, 1.165) is 48.2 Å². The molecule has 1 saturated heterocycles. The van der Waals surface area contributed by atoms with E-state index in [2.05, 4.69) is 26.7 Å². The number of nitrogens with zero attached hydrogens (tertiary/aromatic N) is 2. The number of halogens is 1. The molecule has 1 fully saturated rings. The summed E-state index contributed by atoms with van der Waals surface area (Å²) in [6.45, 7) is 4.54. The van der Waals surface area contributed by atoms with E-state index in [1.165, 1.54) is 12.8 Å². The molecule has 5 rings (SSSR count). The number of benzene rings is 1. The average Bonchev–Trinajstić information content (AvgIpc) is 3.32. The van der Waals surface area contributed by atoms with Gasteiger partial charge in [-0.05, 0) is 49.7 Å². The quantitative estimate of drug-likeness (QED) is 0.570. The van der Waals surface area contributed by atoms with Gasteiger partial charge in [0, 0.05) is 42.2 Å². The smallest absolute Gasteiger partial charge is 0.345 e. The molecule has 2 aliphatic rings. The van der Waals surface area contributed by atoms with Crippen molar-refractivity contribution < 1.29 is 19.7 Å². The Morgan fingerprint density at radius 1 is 1.19 bits per heavy atom. The number of carbonyl (C=O) groups is 1. The number of aromatic hydroxyl groups is 1. The second-order valence-electron chi connectivity index (χ2n) is 7.91. The van der Waals surface area contributed by atoms with E-state index in [4.69, 9.17) is 4.74 Å². The first-order valence-corrected chi connectivity index (χ1v) is 10.2. The number of nitrogens with one attached hydrogen (secondary N) is 1. The minimum absolute atomic E-state index is 0. The molecule has 31 heavy (non-hydrogen) atoms. The number of fused-ring (bicyclic) bond motifs is 4. The molecule has 3 aromatic rings. The summed E-state index contributed by atoms with van der Waals surface area (Å²) in [5.74, 6) is -2.11. The third-order valence-electron chi connectivity index (χ3n) is 6.10. The third-order valence-corrected chi connectivity index (χ3v) is 6.10. The fourth-order valence-corrected chi connectivity index (χ4v) is 4.53. The molecule has 3 N–H and O–H groups in total. The van der Waals surface area contributed by atoms with Crippen LogP contribution < -0.4 is 10.3 Å². The minimum Gasteiger partial charge on any atom is -0.503 e. The number of carboxylic acids is 1. The van der Waals surface area contributed by atoms with Crippen molar-refractivity contribution in [2.45, 2.75) is 25.8 Å². The summed E-state index contributed by atoms with van der Waals surface area (Å²) in [5.41, 5.74) is 1.62. The van der Waals surface area contributed by atoms with Gasteiger partial charge in [0.2, 0.25) is 0 Å². The minimum atomic E-state index is -1.49. The largest absolute Gasteiger partial charge is 0.503 e. The zero-order chi connectivity index (χ0) is 20.8. The van der Waals surface area contributed by atoms with Crippen LogP contribution in [0.3, 0.4) is 0 Å². The zero-order valence-electron chi connectivity index (χ0n) is 16.9. The summed E-state index contributed by atoms with van der Waals surface area (Å²) < 4.78 is 7.90. The standard InChI is InChI=1S/C22H23N3O5.ClH/c26-19-17(22(28)29)21(27)23-18-15-11-14-3-7-25(9-8-24-5-1-2-6-24)16(14)12-13(15)4-10-30-20(18)19;/h3,7,11-12H,1-2,4-6,8-10H2,(H,28,29)(H2,23,26,27);1H. The Hall–Kier alpha value is -2.97. The SMILES string of the molecule is Cl.O=C(O)c1c(O)c2c([nH]c1=O)-c1cc3ccn(CCN4CCCC4)c3cc1CCO2. The van der Waals surface area contributed by atoms with Crippen LogP contribution in [-0.2, 0) is 13.0 Å². The molecule has 8 nitrogen and oxygen atoms in total. The molecule has 4 heterocycles. The lowest BCUT2D eigenvalue weighted by Gasteiger charge is -2.16. The number of aromatic amines is 1. The van der Waals surface area contributed by atoms with Gasteiger partial charge in [0.1, 0.15) is 0 Å². The summed E-state index contributed by atoms with van der Waals surface area (Å²) in [5, 5.41) is 20.7. The van der Waals surface area contributed by atoms with Crippen LogP contribution in [0.1, 0.15) is 28.8 Å². The number of aromatic nitrogens is 2. The Bertz CT molecular complexity index is 1210. The number of likely N-dealkylation sites (tertiary alicyclic amines) is 1. The van der Waals surface area contributed by atoms with Gasteiger partial charge in [-0.1, -0.05) is 0 Å². The van der Waals surface area contributed by atoms with E-state index in [0.29, 0.717) is 12.1 Å². The molecule has 9 heteroatoms. The molecule has 0 unspecified atom stereocenters. The number of pyridine rings is 1. The first-order chi connectivity index (χ1) is 14.5. The Labute approximate surface area is 184 Å². The monoisotopic (exact) mass is 445 g/mol. The highest BCUT2D eigenvalue weighted by atomic mass is 35.5. The van der Waals surface area contributed by atoms with Gasteiger partial charge < -0.3 is 29.4 Å². The van der Waals surface area contributed by atoms with E-state index in [-0.39, 0.29) is 24.8 Å². The van der Waals surface area contributed by atoms with Gasteiger partial charge in [-0.25, -0.2) is 4.79 Å². The fourth-order valence-electron chi connectivity index (χ4n) is 4.53. The lowest BCUT2D eigenvalue weighted by molar-refractivity contribution is 0.0690. The molecule has 0 saturated carbocycles. The maximum atomic E-state index is 12.3. The van der Waals surface area contributed by atoms with E-state index < -0.39 is 22.8 Å². The Balaban J connectivity index is 0.00000231. The van der Waals surface area contributed by atoms with Gasteiger partial charge in [-0.2, -0.15) is 0 Å². The van der Waals surface area contributed by atoms with Crippen LogP contribution in [0, 0.1) is 0 Å². The number of H-pyrrole nitrogens is 1. The van der Waals surface area contributed by atoms with Gasteiger partial charge >= 0.3 is 5.97 Å². The topological polar surface area (TPSA) is 108 Å². The summed E-state index contributed by atoms with van der Waals surface area (Å²) in [6, 6.07) is 6.11. The molecule has 164 valence electrons. The van der Waals surface area contributed by atoms with E-state index in [1.54, 1.807) is 0 Å². The van der Waals surface area contributed by atoms with Gasteiger partial charge in [0.15, 0.2) is 17.1 Å². The highest BCUT2D eigenvalue weighted by molar-refractivity contribution is 5.94. The number of carboxylic acid groups (broad SMARTS) is 1. The van der Waals surface area contributed by atoms with Crippen molar-refractivity contribution in [3.05, 3.63) is 45.9 Å². The molecule has 0 aliphatic carbocycles. The van der Waals surface area contributed by atoms with Gasteiger partial charge in [-0.3, -0.25) is 4.79 Å². The molecule has 0 radical (unpaired) electrons. The highest BCUT2D eigenvalue weighted by Crippen LogP contribution is 2.41. The van der Waals surface area contributed by atoms with Crippen LogP contribution in [0.2, 0.25) is 0 Å². The Morgan fingerprint density at radius 2 is 1.97 bits per heavy atom. The summed E-state index contributed by atoms with van der Waals surface area (Å²) >= 11 is 0. The lowest BCUT2D eigenvalue weighted by atomic mass is 9.99. The summed E-state index contributed by atoms with van der Waals surface area (Å²) in [7, 11) is 0. The lowest BCUT2D eigenvalue weighted by Crippen LogP contribution is -2.23. The molecule has 1 aromatic carbocycles. The summed E-state index contributed by atoms with van der Waals surface area (Å²) in [6.07, 6.45) is 5.20. The van der Waals surface area contributed by atoms with Crippen molar-refractivity contribution in [1.29, 1.82) is 0 Å². The maximum Gasteiger partial charge on any atom is 0.345 e. The predicted octanol–water partition coefficient (Wildman–Crippen LogP) is 2.85. The predicted molar refractivity (Wildman–Crippen MR) is 119 cm³/mol. The molecule has 0 bridgehead atoms. The van der Waals surface area contributed by atoms with E-state index in [1.807, 2.05) is 12.1 Å². The van der Waals surface area contributed by atoms with Gasteiger partial charge in [0.05, 0.1) is 12.3 Å². The number of hydrogen-bond donors (Lipinski definition) is 3. The highest BCUT2D eigenvalue weighted by Gasteiger charge is 2.27. The maximum absolute atomic E-state index is 12.3. The Morgan fingerprint density at radius 3 is 2.71 bits per heavy atom. The molecule has 0 spiro atoms. The molecular formula is C22H24ClN3O5. The molecule has 2 aliphatic heterocycles. The normalized spacial score (nSPS) is 15.6. The first-order valence-electron chi connectivity index (χ1n) is 10.2. The zero-order valence-corrected chi connectivity index (χ0v) is 17.7. The second kappa shape index (κ2) is 8.28. The molecule has 0 atom stereocenters. The van der Waals surface area contributed by atoms with Crippen molar-refractivity contribution in [3.8, 4) is 22.8 Å². The van der Waals surface area contributed by atoms with Crippen LogP contribution in [0.5, 0.6) is 11.5 Å². The second-order valence-corrected chi connectivity index (χ2v) is 7.91. The van der Waals surface area contributed by atoms with Crippen LogP contribution in [-0.4, -0.2) is 56.9 Å². The molecule has 0 amide bonds. The van der Waals surface area contributed by atoms with Crippen LogP contribution in [0.25, 0.3) is 22.2 Å². The molecular weight excluding hydrogens is 422 g/mol. The third kappa shape index (κ3) is 3.66. The van der Waals surface area contributed by atoms with Crippen molar-refractivity contribution in [2.75, 3.05) is 26.2 Å². The first kappa shape index (κ1) is 21.3. The van der Waals surface area contributed by atoms with E-state index in [9.17, 15) is 19.8 Å². The van der Waals surface area contributed by atoms with Gasteiger partial charge in [-0.15, -0.1) is 12.4 Å². The van der Waals surface area contributed by atoms with Gasteiger partial charge in [0.25, 0.3) is 5.56 Å². The van der Waals surface area contributed by atoms with Crippen molar-refractivity contribution >= 4 is 29.3 Å². The van der Waals surface area contributed by atoms with Crippen molar-refractivity contribution in [3.63, 3.8) is 0 Å². The average molecular weight is 446 g/mol. The van der Waals surface area contributed by atoms with Crippen LogP contribution in [0.15, 0.2) is 29.2 Å². The number of ether oxygens (including phenoxy) is 1. The number of aromatic carboxylic acids is 1. The molecule has 2 aromatic heterocycles. The number of rotatable bonds is 4. The summed E-state index contributed by atoms with van der Waals surface area (Å²) in [4.78, 5) is 28.7. The van der Waals surface area contributed by atoms with Crippen molar-refractivity contribution in [2.24, 2.45) is 0 Å². The number of hydrogen-bond acceptors (Lipinski definition) is 5. The van der Waals surface area contributed by atoms with E-state index >= 15 is 0 Å². The Kier molecular flexibility index (Phi) is 5.68.